The smallest absolute Gasteiger partial charge is 0.236 e. The number of amides is 1. The average molecular weight is 390 g/mol. The van der Waals surface area contributed by atoms with Crippen LogP contribution in [-0.4, -0.2) is 111 Å². The number of morpholine rings is 1. The Morgan fingerprint density at radius 1 is 1.21 bits per heavy atom. The second-order valence-electron chi connectivity index (χ2n) is 6.77. The fraction of sp³-hybridized carbons (Fsp3) is 0.632. The van der Waals surface area contributed by atoms with Gasteiger partial charge < -0.3 is 24.6 Å². The van der Waals surface area contributed by atoms with Crippen molar-refractivity contribution in [3.8, 4) is 5.75 Å². The Balaban J connectivity index is 1.35. The first-order valence-corrected chi connectivity index (χ1v) is 9.82. The van der Waals surface area contributed by atoms with E-state index in [1.54, 1.807) is 19.4 Å². The highest BCUT2D eigenvalue weighted by molar-refractivity contribution is 5.80. The van der Waals surface area contributed by atoms with Gasteiger partial charge in [0.05, 0.1) is 32.5 Å². The summed E-state index contributed by atoms with van der Waals surface area (Å²) in [5.41, 5.74) is 0. The minimum absolute atomic E-state index is 0.201. The molecule has 0 atom stereocenters. The van der Waals surface area contributed by atoms with Gasteiger partial charge in [0.15, 0.2) is 5.96 Å². The molecule has 1 amide bonds. The number of aliphatic imine (C=N–C) groups is 1. The van der Waals surface area contributed by atoms with Crippen LogP contribution >= 0.6 is 0 Å². The highest BCUT2D eigenvalue weighted by Gasteiger charge is 2.24. The summed E-state index contributed by atoms with van der Waals surface area (Å²) in [5, 5.41) is 3.34. The van der Waals surface area contributed by atoms with Gasteiger partial charge in [0.25, 0.3) is 0 Å². The summed E-state index contributed by atoms with van der Waals surface area (Å²) in [6, 6.07) is 3.74. The molecule has 1 N–H and O–H groups in total. The Labute approximate surface area is 166 Å². The van der Waals surface area contributed by atoms with Gasteiger partial charge in [-0.3, -0.25) is 19.7 Å². The van der Waals surface area contributed by atoms with Crippen molar-refractivity contribution in [3.63, 3.8) is 0 Å². The molecule has 1 aromatic heterocycles. The number of guanidine groups is 1. The predicted octanol–water partition coefficient (Wildman–Crippen LogP) is -0.488. The van der Waals surface area contributed by atoms with Gasteiger partial charge in [-0.2, -0.15) is 0 Å². The Morgan fingerprint density at radius 3 is 2.68 bits per heavy atom. The van der Waals surface area contributed by atoms with Crippen LogP contribution < -0.4 is 10.1 Å². The molecule has 9 nitrogen and oxygen atoms in total. The number of aromatic nitrogens is 1. The Bertz CT molecular complexity index is 628. The number of pyridine rings is 1. The van der Waals surface area contributed by atoms with E-state index in [1.165, 1.54) is 0 Å². The maximum absolute atomic E-state index is 12.4. The van der Waals surface area contributed by atoms with Gasteiger partial charge in [-0.15, -0.1) is 0 Å². The zero-order valence-electron chi connectivity index (χ0n) is 16.5. The number of rotatable bonds is 6. The van der Waals surface area contributed by atoms with E-state index in [0.29, 0.717) is 46.0 Å². The molecule has 2 fully saturated rings. The molecule has 0 spiro atoms. The van der Waals surface area contributed by atoms with E-state index in [0.717, 1.165) is 37.9 Å². The van der Waals surface area contributed by atoms with Crippen LogP contribution in [0.1, 0.15) is 0 Å². The lowest BCUT2D eigenvalue weighted by atomic mass is 10.3. The van der Waals surface area contributed by atoms with Crippen LogP contribution in [0.5, 0.6) is 5.75 Å². The number of ether oxygens (including phenoxy) is 2. The number of hydrogen-bond donors (Lipinski definition) is 1. The molecule has 154 valence electrons. The van der Waals surface area contributed by atoms with Crippen LogP contribution in [-0.2, 0) is 9.53 Å². The number of carbonyl (C=O) groups is 1. The summed E-state index contributed by atoms with van der Waals surface area (Å²) < 4.78 is 11.0. The molecule has 0 unspecified atom stereocenters. The van der Waals surface area contributed by atoms with Crippen molar-refractivity contribution >= 4 is 11.9 Å². The van der Waals surface area contributed by atoms with Crippen LogP contribution in [0, 0.1) is 0 Å². The van der Waals surface area contributed by atoms with Crippen LogP contribution in [0.15, 0.2) is 29.5 Å². The molecular weight excluding hydrogens is 360 g/mol. The third-order valence-corrected chi connectivity index (χ3v) is 4.89. The second kappa shape index (κ2) is 10.8. The van der Waals surface area contributed by atoms with Crippen molar-refractivity contribution in [3.05, 3.63) is 24.5 Å². The molecule has 2 aliphatic rings. The van der Waals surface area contributed by atoms with E-state index in [9.17, 15) is 4.79 Å². The van der Waals surface area contributed by atoms with E-state index in [4.69, 9.17) is 9.47 Å². The molecule has 9 heteroatoms. The lowest BCUT2D eigenvalue weighted by molar-refractivity contribution is -0.136. The molecule has 0 aromatic carbocycles. The quantitative estimate of drug-likeness (QED) is 0.399. The number of hydrogen-bond acceptors (Lipinski definition) is 6. The van der Waals surface area contributed by atoms with Crippen molar-refractivity contribution < 1.29 is 14.3 Å². The number of carbonyl (C=O) groups excluding carboxylic acids is 1. The minimum Gasteiger partial charge on any atom is -0.490 e. The first-order chi connectivity index (χ1) is 13.8. The van der Waals surface area contributed by atoms with Crippen molar-refractivity contribution in [2.45, 2.75) is 0 Å². The standard InChI is InChI=1S/C19H30N6O3/c1-20-19(22-5-12-28-17-3-2-4-21-15-17)25-8-6-23(7-9-25)16-18(26)24-10-13-27-14-11-24/h2-4,15H,5-14,16H2,1H3,(H,20,22). The summed E-state index contributed by atoms with van der Waals surface area (Å²) in [6.45, 7) is 7.78. The van der Waals surface area contributed by atoms with Crippen molar-refractivity contribution in [1.82, 2.24) is 25.0 Å². The van der Waals surface area contributed by atoms with E-state index in [2.05, 4.69) is 25.1 Å². The largest absolute Gasteiger partial charge is 0.490 e. The van der Waals surface area contributed by atoms with Gasteiger partial charge in [-0.1, -0.05) is 0 Å². The van der Waals surface area contributed by atoms with Gasteiger partial charge in [0.1, 0.15) is 12.4 Å². The van der Waals surface area contributed by atoms with Crippen molar-refractivity contribution in [2.24, 2.45) is 4.99 Å². The molecule has 3 heterocycles. The fourth-order valence-corrected chi connectivity index (χ4v) is 3.32. The topological polar surface area (TPSA) is 82.5 Å². The summed E-state index contributed by atoms with van der Waals surface area (Å²) in [7, 11) is 1.79. The maximum atomic E-state index is 12.4. The Morgan fingerprint density at radius 2 is 2.00 bits per heavy atom. The number of nitrogens with zero attached hydrogens (tertiary/aromatic N) is 5. The normalized spacial score (nSPS) is 18.8. The Hall–Kier alpha value is -2.39. The fourth-order valence-electron chi connectivity index (χ4n) is 3.32. The van der Waals surface area contributed by atoms with Gasteiger partial charge >= 0.3 is 0 Å². The van der Waals surface area contributed by atoms with E-state index < -0.39 is 0 Å². The molecule has 0 bridgehead atoms. The zero-order valence-corrected chi connectivity index (χ0v) is 16.5. The van der Waals surface area contributed by atoms with Gasteiger partial charge in [0, 0.05) is 52.5 Å². The first-order valence-electron chi connectivity index (χ1n) is 9.82. The van der Waals surface area contributed by atoms with Gasteiger partial charge in [-0.25, -0.2) is 0 Å². The SMILES string of the molecule is CN=C(NCCOc1cccnc1)N1CCN(CC(=O)N2CCOCC2)CC1. The van der Waals surface area contributed by atoms with Gasteiger partial charge in [-0.05, 0) is 12.1 Å². The molecule has 0 radical (unpaired) electrons. The molecule has 0 aliphatic carbocycles. The zero-order chi connectivity index (χ0) is 19.6. The minimum atomic E-state index is 0.201. The molecule has 28 heavy (non-hydrogen) atoms. The molecular formula is C19H30N6O3. The Kier molecular flexibility index (Phi) is 7.86. The van der Waals surface area contributed by atoms with Crippen LogP contribution in [0.2, 0.25) is 0 Å². The third-order valence-electron chi connectivity index (χ3n) is 4.89. The van der Waals surface area contributed by atoms with Crippen LogP contribution in [0.25, 0.3) is 0 Å². The maximum Gasteiger partial charge on any atom is 0.236 e. The summed E-state index contributed by atoms with van der Waals surface area (Å²) in [6.07, 6.45) is 3.42. The van der Waals surface area contributed by atoms with Crippen molar-refractivity contribution in [2.75, 3.05) is 79.2 Å². The average Bonchev–Trinajstić information content (AvgIpc) is 2.76. The lowest BCUT2D eigenvalue weighted by Gasteiger charge is -2.37. The van der Waals surface area contributed by atoms with Crippen molar-refractivity contribution in [1.29, 1.82) is 0 Å². The summed E-state index contributed by atoms with van der Waals surface area (Å²) >= 11 is 0. The molecule has 0 saturated carbocycles. The lowest BCUT2D eigenvalue weighted by Crippen LogP contribution is -2.55. The summed E-state index contributed by atoms with van der Waals surface area (Å²) in [4.78, 5) is 27.1. The monoisotopic (exact) mass is 390 g/mol. The van der Waals surface area contributed by atoms with Crippen LogP contribution in [0.3, 0.4) is 0 Å². The van der Waals surface area contributed by atoms with E-state index in [1.807, 2.05) is 17.0 Å². The number of nitrogens with one attached hydrogen (secondary N) is 1. The van der Waals surface area contributed by atoms with E-state index in [-0.39, 0.29) is 5.91 Å². The third kappa shape index (κ3) is 6.07. The highest BCUT2D eigenvalue weighted by Crippen LogP contribution is 2.06. The highest BCUT2D eigenvalue weighted by atomic mass is 16.5. The summed E-state index contributed by atoms with van der Waals surface area (Å²) in [5.74, 6) is 1.83. The molecule has 2 saturated heterocycles. The van der Waals surface area contributed by atoms with Gasteiger partial charge in [0.2, 0.25) is 5.91 Å². The van der Waals surface area contributed by atoms with Crippen LogP contribution in [0.4, 0.5) is 0 Å². The molecule has 2 aliphatic heterocycles. The number of piperazine rings is 1. The molecule has 1 aromatic rings. The second-order valence-corrected chi connectivity index (χ2v) is 6.77. The van der Waals surface area contributed by atoms with E-state index >= 15 is 0 Å². The molecule has 3 rings (SSSR count). The predicted molar refractivity (Wildman–Crippen MR) is 107 cm³/mol. The first kappa shape index (κ1) is 20.3.